The summed E-state index contributed by atoms with van der Waals surface area (Å²) in [5.41, 5.74) is 0. The van der Waals surface area contributed by atoms with Crippen molar-refractivity contribution in [2.75, 3.05) is 14.2 Å². The Labute approximate surface area is 245 Å². The average Bonchev–Trinajstić information content (AvgIpc) is 2.55. The summed E-state index contributed by atoms with van der Waals surface area (Å²) in [6.45, 7) is 2.94. The summed E-state index contributed by atoms with van der Waals surface area (Å²) < 4.78 is 10.2. The average molecular weight is 463 g/mol. The SMILES string of the molecule is CCC(OC)C([C-]=O)C([C-]=O)CC(OC)C(C(=O)O)C(C)C(=O)[O-].[Ca+2].[Na+].[Na+].[OH-].[OH-]. The van der Waals surface area contributed by atoms with E-state index in [2.05, 4.69) is 0 Å². The number of aliphatic carboxylic acids is 2. The first kappa shape index (κ1) is 44.1. The van der Waals surface area contributed by atoms with Crippen LogP contribution in [0.3, 0.4) is 0 Å². The maximum absolute atomic E-state index is 11.4. The van der Waals surface area contributed by atoms with Crippen molar-refractivity contribution >= 4 is 62.2 Å². The van der Waals surface area contributed by atoms with Crippen LogP contribution in [0.15, 0.2) is 0 Å². The minimum Gasteiger partial charge on any atom is -0.870 e. The maximum Gasteiger partial charge on any atom is 2.00 e. The molecule has 0 aromatic rings. The third-order valence-corrected chi connectivity index (χ3v) is 4.21. The second kappa shape index (κ2) is 24.0. The standard InChI is InChI=1S/C16H24O8.Ca.2Na.2H2O/c1-5-12(23-3)11(8-18)10(7-17)6-13(24-4)14(16(21)22)9(2)15(19)20;;;;;/h9-14H,5-6H2,1-4H3,(H,19,20)(H,21,22);;;;2*1H2/q-2;+2;2*+1;;/p-3. The van der Waals surface area contributed by atoms with Gasteiger partial charge in [0.2, 0.25) is 0 Å². The molecular weight excluding hydrogens is 438 g/mol. The van der Waals surface area contributed by atoms with E-state index in [9.17, 15) is 29.4 Å². The van der Waals surface area contributed by atoms with E-state index in [1.54, 1.807) is 19.5 Å². The van der Waals surface area contributed by atoms with Crippen LogP contribution in [0.25, 0.3) is 0 Å². The Bertz CT molecular complexity index is 451. The molecule has 0 aliphatic heterocycles. The predicted octanol–water partition coefficient (Wildman–Crippen LogP) is -7.37. The van der Waals surface area contributed by atoms with E-state index in [0.29, 0.717) is 6.42 Å². The molecule has 0 heterocycles. The topological polar surface area (TPSA) is 190 Å². The number of methoxy groups -OCH3 is 2. The van der Waals surface area contributed by atoms with Crippen LogP contribution >= 0.6 is 0 Å². The molecule has 6 atom stereocenters. The molecule has 13 heteroatoms. The normalized spacial score (nSPS) is 15.4. The van der Waals surface area contributed by atoms with Crippen LogP contribution in [-0.4, -0.2) is 105 Å². The van der Waals surface area contributed by atoms with Crippen molar-refractivity contribution in [3.63, 3.8) is 0 Å². The Balaban J connectivity index is -0.000000264. The molecule has 0 rings (SSSR count). The van der Waals surface area contributed by atoms with E-state index >= 15 is 0 Å². The van der Waals surface area contributed by atoms with Gasteiger partial charge < -0.3 is 45.0 Å². The van der Waals surface area contributed by atoms with Gasteiger partial charge in [-0.1, -0.05) is 13.8 Å². The molecule has 0 fully saturated rings. The van der Waals surface area contributed by atoms with Crippen molar-refractivity contribution < 1.29 is 109 Å². The molecule has 0 aromatic heterocycles. The van der Waals surface area contributed by atoms with Gasteiger partial charge in [0.05, 0.1) is 12.0 Å². The van der Waals surface area contributed by atoms with Gasteiger partial charge in [0.25, 0.3) is 0 Å². The van der Waals surface area contributed by atoms with Gasteiger partial charge in [-0.15, -0.1) is 5.92 Å². The molecule has 0 spiro atoms. The fraction of sp³-hybridized carbons (Fsp3) is 0.750. The molecule has 0 aromatic carbocycles. The minimum atomic E-state index is -1.54. The molecule has 154 valence electrons. The van der Waals surface area contributed by atoms with E-state index in [4.69, 9.17) is 9.47 Å². The van der Waals surface area contributed by atoms with Crippen LogP contribution in [0, 0.1) is 23.7 Å². The van der Waals surface area contributed by atoms with Gasteiger partial charge in [-0.3, -0.25) is 17.4 Å². The summed E-state index contributed by atoms with van der Waals surface area (Å²) in [6.07, 6.45) is 1.96. The first-order valence-electron chi connectivity index (χ1n) is 7.53. The zero-order valence-electron chi connectivity index (χ0n) is 17.8. The van der Waals surface area contributed by atoms with Crippen molar-refractivity contribution in [1.82, 2.24) is 0 Å². The fourth-order valence-electron chi connectivity index (χ4n) is 2.73. The summed E-state index contributed by atoms with van der Waals surface area (Å²) in [6, 6.07) is 0. The predicted molar refractivity (Wildman–Crippen MR) is 89.8 cm³/mol. The van der Waals surface area contributed by atoms with Crippen LogP contribution in [-0.2, 0) is 28.7 Å². The molecule has 0 aliphatic carbocycles. The number of carboxylic acid groups (broad SMARTS) is 2. The number of rotatable bonds is 13. The van der Waals surface area contributed by atoms with Crippen LogP contribution in [0.2, 0.25) is 0 Å². The monoisotopic (exact) mass is 463 g/mol. The first-order valence-corrected chi connectivity index (χ1v) is 7.53. The van der Waals surface area contributed by atoms with Crippen LogP contribution in [0.4, 0.5) is 0 Å². The Morgan fingerprint density at radius 3 is 1.72 bits per heavy atom. The summed E-state index contributed by atoms with van der Waals surface area (Å²) in [5.74, 6) is -7.71. The molecular formula is C16H25CaNa2O10-. The smallest absolute Gasteiger partial charge is 0.870 e. The quantitative estimate of drug-likeness (QED) is 0.203. The van der Waals surface area contributed by atoms with Gasteiger partial charge in [0.1, 0.15) is 0 Å². The molecule has 0 bridgehead atoms. The van der Waals surface area contributed by atoms with Gasteiger partial charge in [0, 0.05) is 32.2 Å². The Hall–Kier alpha value is 1.38. The number of carboxylic acids is 2. The summed E-state index contributed by atoms with van der Waals surface area (Å²) in [7, 11) is 2.59. The van der Waals surface area contributed by atoms with E-state index < -0.39 is 47.8 Å². The zero-order valence-corrected chi connectivity index (χ0v) is 24.0. The molecule has 0 saturated heterocycles. The second-order valence-electron chi connectivity index (χ2n) is 5.53. The van der Waals surface area contributed by atoms with Crippen molar-refractivity contribution in [3.8, 4) is 0 Å². The summed E-state index contributed by atoms with van der Waals surface area (Å²) in [5, 5.41) is 20.3. The number of carbonyl (C=O) groups excluding carboxylic acids is 3. The van der Waals surface area contributed by atoms with Gasteiger partial charge in [-0.25, -0.2) is 0 Å². The molecule has 29 heavy (non-hydrogen) atoms. The Morgan fingerprint density at radius 2 is 1.48 bits per heavy atom. The molecule has 0 aliphatic rings. The van der Waals surface area contributed by atoms with Crippen LogP contribution in [0.1, 0.15) is 26.7 Å². The minimum absolute atomic E-state index is 0. The van der Waals surface area contributed by atoms with E-state index in [1.165, 1.54) is 21.1 Å². The molecule has 0 radical (unpaired) electrons. The Morgan fingerprint density at radius 1 is 1.03 bits per heavy atom. The third-order valence-electron chi connectivity index (χ3n) is 4.21. The number of hydrogen-bond donors (Lipinski definition) is 1. The molecule has 3 N–H and O–H groups in total. The zero-order chi connectivity index (χ0) is 18.9. The number of ether oxygens (including phenoxy) is 2. The van der Waals surface area contributed by atoms with Crippen molar-refractivity contribution in [1.29, 1.82) is 0 Å². The summed E-state index contributed by atoms with van der Waals surface area (Å²) >= 11 is 0. The van der Waals surface area contributed by atoms with Crippen molar-refractivity contribution in [3.05, 3.63) is 0 Å². The van der Waals surface area contributed by atoms with E-state index in [-0.39, 0.29) is 114 Å². The van der Waals surface area contributed by atoms with Crippen LogP contribution < -0.4 is 64.2 Å². The molecule has 10 nitrogen and oxygen atoms in total. The maximum atomic E-state index is 11.4. The van der Waals surface area contributed by atoms with E-state index in [1.807, 2.05) is 0 Å². The molecule has 6 unspecified atom stereocenters. The molecule has 0 saturated carbocycles. The number of carbonyl (C=O) groups is 2. The number of hydrogen-bond acceptors (Lipinski definition) is 9. The second-order valence-corrected chi connectivity index (χ2v) is 5.53. The largest absolute Gasteiger partial charge is 2.00 e. The van der Waals surface area contributed by atoms with Gasteiger partial charge in [-0.2, -0.15) is 5.92 Å². The fourth-order valence-corrected chi connectivity index (χ4v) is 2.73. The first-order chi connectivity index (χ1) is 11.3. The Kier molecular flexibility index (Phi) is 36.6. The van der Waals surface area contributed by atoms with Gasteiger partial charge >= 0.3 is 103 Å². The van der Waals surface area contributed by atoms with Gasteiger partial charge in [0.15, 0.2) is 0 Å². The van der Waals surface area contributed by atoms with Gasteiger partial charge in [-0.05, 0) is 12.8 Å². The van der Waals surface area contributed by atoms with E-state index in [0.717, 1.165) is 0 Å². The molecule has 0 amide bonds. The van der Waals surface area contributed by atoms with Crippen molar-refractivity contribution in [2.45, 2.75) is 38.9 Å². The van der Waals surface area contributed by atoms with Crippen LogP contribution in [0.5, 0.6) is 0 Å². The third kappa shape index (κ3) is 14.2. The van der Waals surface area contributed by atoms with Crippen molar-refractivity contribution in [2.24, 2.45) is 23.7 Å². The summed E-state index contributed by atoms with van der Waals surface area (Å²) in [4.78, 5) is 45.0.